The molecule has 2 heterocycles. The van der Waals surface area contributed by atoms with Gasteiger partial charge in [-0.25, -0.2) is 0 Å². The summed E-state index contributed by atoms with van der Waals surface area (Å²) in [7, 11) is 0. The van der Waals surface area contributed by atoms with E-state index >= 15 is 0 Å². The Hall–Kier alpha value is -1.60. The summed E-state index contributed by atoms with van der Waals surface area (Å²) in [5.74, 6) is -0.290. The summed E-state index contributed by atoms with van der Waals surface area (Å²) in [5, 5.41) is 3.08. The lowest BCUT2D eigenvalue weighted by Gasteiger charge is -2.38. The summed E-state index contributed by atoms with van der Waals surface area (Å²) in [6, 6.07) is 2.31. The number of alkyl halides is 3. The zero-order valence-electron chi connectivity index (χ0n) is 16.6. The van der Waals surface area contributed by atoms with Crippen LogP contribution in [-0.4, -0.2) is 49.2 Å². The van der Waals surface area contributed by atoms with E-state index in [0.717, 1.165) is 44.5 Å². The van der Waals surface area contributed by atoms with Crippen molar-refractivity contribution in [3.05, 3.63) is 34.4 Å². The van der Waals surface area contributed by atoms with Crippen molar-refractivity contribution in [3.63, 3.8) is 0 Å². The molecule has 2 aliphatic heterocycles. The van der Waals surface area contributed by atoms with Gasteiger partial charge in [-0.15, -0.1) is 0 Å². The van der Waals surface area contributed by atoms with Crippen LogP contribution in [0.5, 0.6) is 0 Å². The van der Waals surface area contributed by atoms with E-state index in [1.807, 2.05) is 0 Å². The van der Waals surface area contributed by atoms with Crippen LogP contribution in [0.2, 0.25) is 0 Å². The summed E-state index contributed by atoms with van der Waals surface area (Å²) < 4.78 is 45.3. The number of halogens is 3. The van der Waals surface area contributed by atoms with Crippen LogP contribution in [0, 0.1) is 0 Å². The monoisotopic (exact) mass is 398 g/mol. The zero-order chi connectivity index (χ0) is 20.3. The number of hydrogen-bond donors (Lipinski definition) is 1. The predicted molar refractivity (Wildman–Crippen MR) is 101 cm³/mol. The highest BCUT2D eigenvalue weighted by Crippen LogP contribution is 2.33. The van der Waals surface area contributed by atoms with Gasteiger partial charge in [-0.3, -0.25) is 9.69 Å². The fraction of sp³-hybridized carbons (Fsp3) is 0.667. The quantitative estimate of drug-likeness (QED) is 0.820. The molecule has 1 aromatic carbocycles. The van der Waals surface area contributed by atoms with E-state index in [9.17, 15) is 18.0 Å². The van der Waals surface area contributed by atoms with E-state index in [1.54, 1.807) is 13.8 Å². The molecular formula is C21H29F3N2O2. The standard InChI is InChI=1S/C21H29F3N2O2/c1-3-14-11-16(21(22,23)24)12-15(4-2)19(14)20(27)25-17-13-28-10-7-18(17)26-8-5-6-9-26/h11-12,17-18H,3-10,13H2,1-2H3,(H,25,27)/t17-,18-/m1/s1. The molecule has 156 valence electrons. The van der Waals surface area contributed by atoms with Gasteiger partial charge in [-0.1, -0.05) is 13.8 Å². The number of hydrogen-bond acceptors (Lipinski definition) is 3. The van der Waals surface area contributed by atoms with Gasteiger partial charge in [0.1, 0.15) is 0 Å². The number of benzene rings is 1. The summed E-state index contributed by atoms with van der Waals surface area (Å²) in [4.78, 5) is 15.5. The molecule has 3 rings (SSSR count). The number of nitrogens with one attached hydrogen (secondary N) is 1. The summed E-state index contributed by atoms with van der Waals surface area (Å²) >= 11 is 0. The fourth-order valence-corrected chi connectivity index (χ4v) is 4.40. The van der Waals surface area contributed by atoms with E-state index in [1.165, 1.54) is 0 Å². The first-order valence-electron chi connectivity index (χ1n) is 10.2. The Morgan fingerprint density at radius 2 is 1.79 bits per heavy atom. The molecule has 0 aromatic heterocycles. The summed E-state index contributed by atoms with van der Waals surface area (Å²) in [6.45, 7) is 6.73. The van der Waals surface area contributed by atoms with E-state index in [-0.39, 0.29) is 18.0 Å². The summed E-state index contributed by atoms with van der Waals surface area (Å²) in [6.07, 6.45) is -0.485. The van der Waals surface area contributed by atoms with Crippen molar-refractivity contribution in [3.8, 4) is 0 Å². The number of ether oxygens (including phenoxy) is 1. The molecule has 7 heteroatoms. The van der Waals surface area contributed by atoms with Gasteiger partial charge in [0.15, 0.2) is 0 Å². The Kier molecular flexibility index (Phi) is 6.65. The molecule has 0 spiro atoms. The molecule has 0 saturated carbocycles. The molecular weight excluding hydrogens is 369 g/mol. The average molecular weight is 398 g/mol. The largest absolute Gasteiger partial charge is 0.416 e. The van der Waals surface area contributed by atoms with E-state index in [4.69, 9.17) is 4.74 Å². The van der Waals surface area contributed by atoms with Crippen LogP contribution in [0.1, 0.15) is 60.2 Å². The van der Waals surface area contributed by atoms with Crippen molar-refractivity contribution in [2.75, 3.05) is 26.3 Å². The maximum absolute atomic E-state index is 13.2. The van der Waals surface area contributed by atoms with Gasteiger partial charge in [-0.05, 0) is 68.5 Å². The van der Waals surface area contributed by atoms with Crippen LogP contribution in [0.4, 0.5) is 13.2 Å². The average Bonchev–Trinajstić information content (AvgIpc) is 3.21. The second kappa shape index (κ2) is 8.82. The van der Waals surface area contributed by atoms with E-state index in [2.05, 4.69) is 10.2 Å². The minimum atomic E-state index is -4.42. The van der Waals surface area contributed by atoms with Crippen LogP contribution < -0.4 is 5.32 Å². The molecule has 2 atom stereocenters. The molecule has 2 aliphatic rings. The van der Waals surface area contributed by atoms with Crippen molar-refractivity contribution in [2.45, 2.75) is 64.2 Å². The third-order valence-corrected chi connectivity index (χ3v) is 5.86. The first-order valence-corrected chi connectivity index (χ1v) is 10.2. The Morgan fingerprint density at radius 1 is 1.18 bits per heavy atom. The van der Waals surface area contributed by atoms with Gasteiger partial charge in [0, 0.05) is 18.2 Å². The van der Waals surface area contributed by atoms with E-state index < -0.39 is 11.7 Å². The number of amides is 1. The SMILES string of the molecule is CCc1cc(C(F)(F)F)cc(CC)c1C(=O)N[C@@H]1COCC[C@H]1N1CCCC1. The van der Waals surface area contributed by atoms with E-state index in [0.29, 0.717) is 42.7 Å². The molecule has 28 heavy (non-hydrogen) atoms. The fourth-order valence-electron chi connectivity index (χ4n) is 4.40. The Labute approximate surface area is 164 Å². The maximum Gasteiger partial charge on any atom is 0.416 e. The van der Waals surface area contributed by atoms with Gasteiger partial charge in [-0.2, -0.15) is 13.2 Å². The van der Waals surface area contributed by atoms with Gasteiger partial charge < -0.3 is 10.1 Å². The van der Waals surface area contributed by atoms with Crippen LogP contribution >= 0.6 is 0 Å². The number of carbonyl (C=O) groups is 1. The van der Waals surface area contributed by atoms with Crippen molar-refractivity contribution in [1.29, 1.82) is 0 Å². The minimum Gasteiger partial charge on any atom is -0.379 e. The Balaban J connectivity index is 1.86. The van der Waals surface area contributed by atoms with Crippen molar-refractivity contribution >= 4 is 5.91 Å². The molecule has 1 N–H and O–H groups in total. The first kappa shape index (κ1) is 21.1. The number of aryl methyl sites for hydroxylation is 2. The molecule has 1 aromatic rings. The molecule has 0 unspecified atom stereocenters. The van der Waals surface area contributed by atoms with Crippen LogP contribution in [0.3, 0.4) is 0 Å². The normalized spacial score (nSPS) is 23.8. The minimum absolute atomic E-state index is 0.143. The third kappa shape index (κ3) is 4.51. The van der Waals surface area contributed by atoms with Crippen LogP contribution in [0.15, 0.2) is 12.1 Å². The second-order valence-electron chi connectivity index (χ2n) is 7.63. The van der Waals surface area contributed by atoms with Crippen molar-refractivity contribution in [1.82, 2.24) is 10.2 Å². The van der Waals surface area contributed by atoms with Crippen LogP contribution in [0.25, 0.3) is 0 Å². The highest BCUT2D eigenvalue weighted by atomic mass is 19.4. The number of rotatable bonds is 5. The van der Waals surface area contributed by atoms with Crippen molar-refractivity contribution < 1.29 is 22.7 Å². The Bertz CT molecular complexity index is 674. The highest BCUT2D eigenvalue weighted by molar-refractivity contribution is 5.97. The molecule has 0 radical (unpaired) electrons. The van der Waals surface area contributed by atoms with Crippen molar-refractivity contribution in [2.24, 2.45) is 0 Å². The van der Waals surface area contributed by atoms with Gasteiger partial charge in [0.2, 0.25) is 0 Å². The predicted octanol–water partition coefficient (Wildman–Crippen LogP) is 3.81. The highest BCUT2D eigenvalue weighted by Gasteiger charge is 2.35. The molecule has 1 amide bonds. The molecule has 0 bridgehead atoms. The van der Waals surface area contributed by atoms with Gasteiger partial charge >= 0.3 is 6.18 Å². The number of nitrogens with zero attached hydrogens (tertiary/aromatic N) is 1. The third-order valence-electron chi connectivity index (χ3n) is 5.86. The number of likely N-dealkylation sites (tertiary alicyclic amines) is 1. The van der Waals surface area contributed by atoms with Gasteiger partial charge in [0.25, 0.3) is 5.91 Å². The Morgan fingerprint density at radius 3 is 2.32 bits per heavy atom. The molecule has 4 nitrogen and oxygen atoms in total. The number of carbonyl (C=O) groups excluding carboxylic acids is 1. The first-order chi connectivity index (χ1) is 13.3. The maximum atomic E-state index is 13.2. The molecule has 2 saturated heterocycles. The lowest BCUT2D eigenvalue weighted by Crippen LogP contribution is -2.56. The topological polar surface area (TPSA) is 41.6 Å². The molecule has 0 aliphatic carbocycles. The summed E-state index contributed by atoms with van der Waals surface area (Å²) in [5.41, 5.74) is 0.592. The van der Waals surface area contributed by atoms with Crippen LogP contribution in [-0.2, 0) is 23.8 Å². The lowest BCUT2D eigenvalue weighted by atomic mass is 9.93. The zero-order valence-corrected chi connectivity index (χ0v) is 16.6. The van der Waals surface area contributed by atoms with Gasteiger partial charge in [0.05, 0.1) is 18.2 Å². The second-order valence-corrected chi connectivity index (χ2v) is 7.63. The molecule has 2 fully saturated rings. The lowest BCUT2D eigenvalue weighted by molar-refractivity contribution is -0.137. The smallest absolute Gasteiger partial charge is 0.379 e.